The Bertz CT molecular complexity index is 1080. The van der Waals surface area contributed by atoms with E-state index in [1.165, 1.54) is 0 Å². The maximum absolute atomic E-state index is 13.4. The van der Waals surface area contributed by atoms with Crippen molar-refractivity contribution < 1.29 is 14.3 Å². The molecule has 33 heavy (non-hydrogen) atoms. The van der Waals surface area contributed by atoms with Crippen molar-refractivity contribution in [2.75, 3.05) is 13.7 Å². The molecule has 5 nitrogen and oxygen atoms in total. The predicted octanol–water partition coefficient (Wildman–Crippen LogP) is 4.72. The molecule has 3 aromatic rings. The Morgan fingerprint density at radius 1 is 0.939 bits per heavy atom. The van der Waals surface area contributed by atoms with Crippen molar-refractivity contribution in [3.05, 3.63) is 100 Å². The van der Waals surface area contributed by atoms with Gasteiger partial charge in [0.05, 0.1) is 0 Å². The highest BCUT2D eigenvalue weighted by Crippen LogP contribution is 2.19. The Balaban J connectivity index is 1.86. The zero-order chi connectivity index (χ0) is 23.8. The molecule has 0 spiro atoms. The molecule has 0 aromatic heterocycles. The van der Waals surface area contributed by atoms with E-state index in [4.69, 9.17) is 16.3 Å². The van der Waals surface area contributed by atoms with Gasteiger partial charge in [-0.1, -0.05) is 60.1 Å². The summed E-state index contributed by atoms with van der Waals surface area (Å²) in [6.07, 6.45) is 0.392. The molecule has 0 saturated heterocycles. The largest absolute Gasteiger partial charge is 0.484 e. The van der Waals surface area contributed by atoms with Gasteiger partial charge in [-0.15, -0.1) is 0 Å². The van der Waals surface area contributed by atoms with E-state index >= 15 is 0 Å². The summed E-state index contributed by atoms with van der Waals surface area (Å²) in [4.78, 5) is 27.9. The molecule has 172 valence electrons. The lowest BCUT2D eigenvalue weighted by Crippen LogP contribution is -2.51. The molecule has 3 rings (SSSR count). The van der Waals surface area contributed by atoms with Crippen LogP contribution in [-0.2, 0) is 22.6 Å². The van der Waals surface area contributed by atoms with E-state index < -0.39 is 6.04 Å². The predicted molar refractivity (Wildman–Crippen MR) is 131 cm³/mol. The lowest BCUT2D eigenvalue weighted by Gasteiger charge is -2.31. The molecule has 0 fully saturated rings. The zero-order valence-corrected chi connectivity index (χ0v) is 19.9. The Kier molecular flexibility index (Phi) is 8.50. The molecule has 1 atom stereocenters. The summed E-state index contributed by atoms with van der Waals surface area (Å²) in [5.41, 5.74) is 4.09. The molecule has 0 aliphatic rings. The summed E-state index contributed by atoms with van der Waals surface area (Å²) in [7, 11) is 1.58. The van der Waals surface area contributed by atoms with Crippen LogP contribution in [0, 0.1) is 13.8 Å². The molecule has 0 heterocycles. The maximum atomic E-state index is 13.4. The monoisotopic (exact) mass is 464 g/mol. The van der Waals surface area contributed by atoms with Crippen molar-refractivity contribution in [1.82, 2.24) is 10.2 Å². The van der Waals surface area contributed by atoms with Crippen LogP contribution in [-0.4, -0.2) is 36.4 Å². The van der Waals surface area contributed by atoms with Crippen LogP contribution < -0.4 is 10.1 Å². The van der Waals surface area contributed by atoms with Crippen LogP contribution in [0.15, 0.2) is 72.8 Å². The summed E-state index contributed by atoms with van der Waals surface area (Å²) in [5, 5.41) is 3.32. The number of amides is 2. The first-order chi connectivity index (χ1) is 15.9. The van der Waals surface area contributed by atoms with E-state index in [-0.39, 0.29) is 25.0 Å². The van der Waals surface area contributed by atoms with Crippen LogP contribution in [0.1, 0.15) is 22.3 Å². The van der Waals surface area contributed by atoms with E-state index in [1.807, 2.05) is 74.5 Å². The zero-order valence-electron chi connectivity index (χ0n) is 19.2. The second-order valence-corrected chi connectivity index (χ2v) is 8.44. The minimum absolute atomic E-state index is 0.168. The first-order valence-corrected chi connectivity index (χ1v) is 11.2. The van der Waals surface area contributed by atoms with Gasteiger partial charge in [0.1, 0.15) is 11.8 Å². The van der Waals surface area contributed by atoms with Gasteiger partial charge in [-0.2, -0.15) is 0 Å². The number of aryl methyl sites for hydroxylation is 2. The summed E-state index contributed by atoms with van der Waals surface area (Å²) >= 11 is 6.03. The van der Waals surface area contributed by atoms with Gasteiger partial charge in [-0.25, -0.2) is 0 Å². The molecule has 0 bridgehead atoms. The van der Waals surface area contributed by atoms with Gasteiger partial charge in [-0.3, -0.25) is 9.59 Å². The number of hydrogen-bond donors (Lipinski definition) is 1. The quantitative estimate of drug-likeness (QED) is 0.498. The molecule has 0 radical (unpaired) electrons. The third-order valence-corrected chi connectivity index (χ3v) is 5.88. The number of benzene rings is 3. The maximum Gasteiger partial charge on any atom is 0.261 e. The number of carbonyl (C=O) groups is 2. The van der Waals surface area contributed by atoms with Gasteiger partial charge >= 0.3 is 0 Å². The Morgan fingerprint density at radius 2 is 1.64 bits per heavy atom. The lowest BCUT2D eigenvalue weighted by molar-refractivity contribution is -0.142. The van der Waals surface area contributed by atoms with Crippen molar-refractivity contribution >= 4 is 23.4 Å². The van der Waals surface area contributed by atoms with E-state index in [0.29, 0.717) is 17.2 Å². The third kappa shape index (κ3) is 6.83. The van der Waals surface area contributed by atoms with Crippen molar-refractivity contribution in [3.8, 4) is 5.75 Å². The van der Waals surface area contributed by atoms with Gasteiger partial charge in [0, 0.05) is 25.0 Å². The van der Waals surface area contributed by atoms with Crippen LogP contribution in [0.2, 0.25) is 5.02 Å². The number of nitrogens with zero attached hydrogens (tertiary/aromatic N) is 1. The van der Waals surface area contributed by atoms with Crippen molar-refractivity contribution in [2.24, 2.45) is 0 Å². The molecule has 0 unspecified atom stereocenters. The lowest BCUT2D eigenvalue weighted by atomic mass is 10.0. The molecule has 2 amide bonds. The Labute approximate surface area is 200 Å². The average molecular weight is 465 g/mol. The molecule has 0 aliphatic heterocycles. The fraction of sp³-hybridized carbons (Fsp3) is 0.259. The fourth-order valence-corrected chi connectivity index (χ4v) is 3.66. The van der Waals surface area contributed by atoms with Crippen LogP contribution in [0.4, 0.5) is 0 Å². The van der Waals surface area contributed by atoms with Crippen molar-refractivity contribution in [3.63, 3.8) is 0 Å². The highest BCUT2D eigenvalue weighted by Gasteiger charge is 2.30. The van der Waals surface area contributed by atoms with Crippen molar-refractivity contribution in [2.45, 2.75) is 32.9 Å². The molecule has 0 aliphatic carbocycles. The van der Waals surface area contributed by atoms with Crippen LogP contribution in [0.25, 0.3) is 0 Å². The highest BCUT2D eigenvalue weighted by atomic mass is 35.5. The van der Waals surface area contributed by atoms with E-state index in [2.05, 4.69) is 5.32 Å². The summed E-state index contributed by atoms with van der Waals surface area (Å²) in [6, 6.07) is 22.0. The summed E-state index contributed by atoms with van der Waals surface area (Å²) < 4.78 is 5.81. The SMILES string of the molecule is CNC(=O)[C@@H](Cc1ccccc1)N(Cc1ccc(Cl)cc1)C(=O)COc1ccc(C)c(C)c1. The normalized spacial score (nSPS) is 11.5. The smallest absolute Gasteiger partial charge is 0.261 e. The van der Waals surface area contributed by atoms with Gasteiger partial charge < -0.3 is 15.0 Å². The number of carbonyl (C=O) groups excluding carboxylic acids is 2. The number of rotatable bonds is 9. The topological polar surface area (TPSA) is 58.6 Å². The summed E-state index contributed by atoms with van der Waals surface area (Å²) in [6.45, 7) is 4.11. The molecular formula is C27H29ClN2O3. The number of hydrogen-bond acceptors (Lipinski definition) is 3. The minimum Gasteiger partial charge on any atom is -0.484 e. The van der Waals surface area contributed by atoms with E-state index in [0.717, 1.165) is 22.3 Å². The van der Waals surface area contributed by atoms with E-state index in [9.17, 15) is 9.59 Å². The highest BCUT2D eigenvalue weighted by molar-refractivity contribution is 6.30. The van der Waals surface area contributed by atoms with Gasteiger partial charge in [0.15, 0.2) is 6.61 Å². The van der Waals surface area contributed by atoms with Crippen molar-refractivity contribution in [1.29, 1.82) is 0 Å². The number of ether oxygens (including phenoxy) is 1. The number of nitrogens with one attached hydrogen (secondary N) is 1. The fourth-order valence-electron chi connectivity index (χ4n) is 3.54. The van der Waals surface area contributed by atoms with Gasteiger partial charge in [-0.05, 0) is 60.4 Å². The molecule has 6 heteroatoms. The van der Waals surface area contributed by atoms with Crippen LogP contribution in [0.5, 0.6) is 5.75 Å². The second kappa shape index (κ2) is 11.5. The van der Waals surface area contributed by atoms with E-state index in [1.54, 1.807) is 24.1 Å². The Morgan fingerprint density at radius 3 is 2.27 bits per heavy atom. The standard InChI is InChI=1S/C27H29ClN2O3/c1-19-9-14-24(15-20(19)2)33-18-26(31)30(17-22-10-12-23(28)13-11-22)25(27(32)29-3)16-21-7-5-4-6-8-21/h4-15,25H,16-18H2,1-3H3,(H,29,32)/t25-/m1/s1. The van der Waals surface area contributed by atoms with Gasteiger partial charge in [0.2, 0.25) is 5.91 Å². The molecule has 0 saturated carbocycles. The first-order valence-electron chi connectivity index (χ1n) is 10.9. The number of halogens is 1. The van der Waals surface area contributed by atoms with Crippen LogP contribution in [0.3, 0.4) is 0 Å². The molecular weight excluding hydrogens is 436 g/mol. The first kappa shape index (κ1) is 24.3. The molecule has 3 aromatic carbocycles. The summed E-state index contributed by atoms with van der Waals surface area (Å²) in [5.74, 6) is 0.123. The average Bonchev–Trinajstić information content (AvgIpc) is 2.83. The minimum atomic E-state index is -0.691. The second-order valence-electron chi connectivity index (χ2n) is 8.00. The van der Waals surface area contributed by atoms with Crippen LogP contribution >= 0.6 is 11.6 Å². The third-order valence-electron chi connectivity index (χ3n) is 5.62. The Hall–Kier alpha value is -3.31. The number of likely N-dealkylation sites (N-methyl/N-ethyl adjacent to an activating group) is 1. The molecule has 1 N–H and O–H groups in total. The van der Waals surface area contributed by atoms with Gasteiger partial charge in [0.25, 0.3) is 5.91 Å².